The molecule has 2 nitrogen and oxygen atoms in total. The summed E-state index contributed by atoms with van der Waals surface area (Å²) in [5, 5.41) is 2.03. The summed E-state index contributed by atoms with van der Waals surface area (Å²) in [6.45, 7) is 0. The highest BCUT2D eigenvalue weighted by molar-refractivity contribution is 5.85. The maximum absolute atomic E-state index is 5.10. The van der Waals surface area contributed by atoms with Crippen molar-refractivity contribution in [1.82, 2.24) is 4.98 Å². The summed E-state index contributed by atoms with van der Waals surface area (Å²) in [5.41, 5.74) is 0. The Kier molecular flexibility index (Phi) is 1.67. The van der Waals surface area contributed by atoms with Crippen LogP contribution in [0, 0.1) is 6.07 Å². The number of methoxy groups -OCH3 is 1. The summed E-state index contributed by atoms with van der Waals surface area (Å²) < 4.78 is 5.10. The van der Waals surface area contributed by atoms with E-state index in [2.05, 4.69) is 11.1 Å². The molecule has 12 heavy (non-hydrogen) atoms. The summed E-state index contributed by atoms with van der Waals surface area (Å²) in [6.07, 6.45) is 1.72. The van der Waals surface area contributed by atoms with Gasteiger partial charge in [0.1, 0.15) is 0 Å². The van der Waals surface area contributed by atoms with Crippen molar-refractivity contribution in [3.05, 3.63) is 36.5 Å². The van der Waals surface area contributed by atoms with E-state index < -0.39 is 0 Å². The van der Waals surface area contributed by atoms with Crippen LogP contribution in [0.2, 0.25) is 0 Å². The maximum atomic E-state index is 5.10. The number of pyridine rings is 1. The zero-order valence-corrected chi connectivity index (χ0v) is 6.74. The summed E-state index contributed by atoms with van der Waals surface area (Å²) in [4.78, 5) is 4.08. The molecule has 1 heterocycles. The number of rotatable bonds is 1. The minimum Gasteiger partial charge on any atom is -0.481 e. The Balaban J connectivity index is 2.79. The zero-order chi connectivity index (χ0) is 8.39. The van der Waals surface area contributed by atoms with Gasteiger partial charge in [-0.05, 0) is 23.6 Å². The fraction of sp³-hybridized carbons (Fsp3) is 0.100. The number of hydrogen-bond donors (Lipinski definition) is 0. The highest BCUT2D eigenvalue weighted by atomic mass is 16.5. The van der Waals surface area contributed by atoms with Gasteiger partial charge in [0.15, 0.2) is 0 Å². The molecule has 2 aromatic rings. The Morgan fingerprint density at radius 3 is 3.17 bits per heavy atom. The van der Waals surface area contributed by atoms with Gasteiger partial charge in [-0.1, -0.05) is 12.1 Å². The Morgan fingerprint density at radius 2 is 2.33 bits per heavy atom. The van der Waals surface area contributed by atoms with Gasteiger partial charge < -0.3 is 4.74 Å². The van der Waals surface area contributed by atoms with Crippen molar-refractivity contribution < 1.29 is 4.74 Å². The van der Waals surface area contributed by atoms with E-state index in [4.69, 9.17) is 4.74 Å². The SMILES string of the molecule is COc1nccc2[c]cccc12. The van der Waals surface area contributed by atoms with Crippen LogP contribution < -0.4 is 4.74 Å². The lowest BCUT2D eigenvalue weighted by Crippen LogP contribution is -1.87. The predicted molar refractivity (Wildman–Crippen MR) is 47.1 cm³/mol. The van der Waals surface area contributed by atoms with Crippen LogP contribution in [0.25, 0.3) is 10.8 Å². The minimum atomic E-state index is 0.657. The third kappa shape index (κ3) is 1.01. The van der Waals surface area contributed by atoms with E-state index in [1.807, 2.05) is 24.3 Å². The van der Waals surface area contributed by atoms with E-state index in [-0.39, 0.29) is 0 Å². The topological polar surface area (TPSA) is 22.1 Å². The summed E-state index contributed by atoms with van der Waals surface area (Å²) >= 11 is 0. The Morgan fingerprint density at radius 1 is 1.42 bits per heavy atom. The molecule has 0 fully saturated rings. The van der Waals surface area contributed by atoms with Gasteiger partial charge in [-0.15, -0.1) is 0 Å². The largest absolute Gasteiger partial charge is 0.481 e. The van der Waals surface area contributed by atoms with Crippen molar-refractivity contribution in [2.75, 3.05) is 7.11 Å². The Labute approximate surface area is 70.8 Å². The number of ether oxygens (including phenoxy) is 1. The molecule has 59 valence electrons. The smallest absolute Gasteiger partial charge is 0.221 e. The first-order chi connectivity index (χ1) is 5.92. The van der Waals surface area contributed by atoms with E-state index in [1.165, 1.54) is 0 Å². The molecule has 0 amide bonds. The number of fused-ring (bicyclic) bond motifs is 1. The lowest BCUT2D eigenvalue weighted by atomic mass is 10.2. The van der Waals surface area contributed by atoms with Crippen LogP contribution >= 0.6 is 0 Å². The van der Waals surface area contributed by atoms with Crippen LogP contribution in [0.1, 0.15) is 0 Å². The van der Waals surface area contributed by atoms with E-state index in [0.29, 0.717) is 5.88 Å². The van der Waals surface area contributed by atoms with Crippen molar-refractivity contribution in [2.24, 2.45) is 0 Å². The summed E-state index contributed by atoms with van der Waals surface area (Å²) in [5.74, 6) is 0.657. The molecule has 0 saturated heterocycles. The van der Waals surface area contributed by atoms with Crippen LogP contribution in [0.15, 0.2) is 30.5 Å². The maximum Gasteiger partial charge on any atom is 0.221 e. The number of aromatic nitrogens is 1. The molecule has 0 aliphatic rings. The molecule has 1 radical (unpaired) electrons. The number of nitrogens with zero attached hydrogens (tertiary/aromatic N) is 1. The highest BCUT2D eigenvalue weighted by Gasteiger charge is 1.99. The Bertz CT molecular complexity index is 392. The van der Waals surface area contributed by atoms with Crippen molar-refractivity contribution in [3.63, 3.8) is 0 Å². The Hall–Kier alpha value is -1.57. The molecule has 0 aliphatic heterocycles. The minimum absolute atomic E-state index is 0.657. The van der Waals surface area contributed by atoms with Crippen molar-refractivity contribution in [1.29, 1.82) is 0 Å². The standard InChI is InChI=1S/C10H8NO/c1-12-10-9-5-3-2-4-8(9)6-7-11-10/h2-3,5-7H,1H3. The predicted octanol–water partition coefficient (Wildman–Crippen LogP) is 2.04. The first-order valence-electron chi connectivity index (χ1n) is 3.71. The zero-order valence-electron chi connectivity index (χ0n) is 6.74. The number of benzene rings is 1. The second-order valence-electron chi connectivity index (χ2n) is 2.45. The van der Waals surface area contributed by atoms with Crippen LogP contribution in [0.3, 0.4) is 0 Å². The third-order valence-electron chi connectivity index (χ3n) is 1.74. The van der Waals surface area contributed by atoms with Gasteiger partial charge in [0.05, 0.1) is 7.11 Å². The quantitative estimate of drug-likeness (QED) is 0.633. The van der Waals surface area contributed by atoms with Crippen molar-refractivity contribution in [3.8, 4) is 5.88 Å². The molecule has 0 aliphatic carbocycles. The molecule has 0 atom stereocenters. The molecule has 1 aromatic heterocycles. The van der Waals surface area contributed by atoms with E-state index in [1.54, 1.807) is 13.3 Å². The van der Waals surface area contributed by atoms with Crippen LogP contribution in [-0.4, -0.2) is 12.1 Å². The first kappa shape index (κ1) is 7.10. The molecular weight excluding hydrogens is 150 g/mol. The summed E-state index contributed by atoms with van der Waals surface area (Å²) in [6, 6.07) is 10.8. The fourth-order valence-corrected chi connectivity index (χ4v) is 1.19. The molecule has 0 spiro atoms. The number of hydrogen-bond acceptors (Lipinski definition) is 2. The van der Waals surface area contributed by atoms with E-state index in [0.717, 1.165) is 10.8 Å². The highest BCUT2D eigenvalue weighted by Crippen LogP contribution is 2.20. The second-order valence-corrected chi connectivity index (χ2v) is 2.45. The van der Waals surface area contributed by atoms with Gasteiger partial charge >= 0.3 is 0 Å². The van der Waals surface area contributed by atoms with E-state index in [9.17, 15) is 0 Å². The van der Waals surface area contributed by atoms with Gasteiger partial charge in [0.25, 0.3) is 0 Å². The van der Waals surface area contributed by atoms with Crippen LogP contribution in [0.4, 0.5) is 0 Å². The molecule has 2 heteroatoms. The van der Waals surface area contributed by atoms with Gasteiger partial charge in [-0.25, -0.2) is 4.98 Å². The average molecular weight is 158 g/mol. The second kappa shape index (κ2) is 2.81. The van der Waals surface area contributed by atoms with Crippen LogP contribution in [0.5, 0.6) is 5.88 Å². The first-order valence-corrected chi connectivity index (χ1v) is 3.71. The molecule has 0 bridgehead atoms. The lowest BCUT2D eigenvalue weighted by molar-refractivity contribution is 0.403. The van der Waals surface area contributed by atoms with Gasteiger partial charge in [-0.2, -0.15) is 0 Å². The molecule has 1 aromatic carbocycles. The van der Waals surface area contributed by atoms with Crippen LogP contribution in [-0.2, 0) is 0 Å². The van der Waals surface area contributed by atoms with Gasteiger partial charge in [-0.3, -0.25) is 0 Å². The molecule has 0 saturated carbocycles. The lowest BCUT2D eigenvalue weighted by Gasteiger charge is -2.01. The third-order valence-corrected chi connectivity index (χ3v) is 1.74. The molecule has 0 N–H and O–H groups in total. The normalized spacial score (nSPS) is 10.1. The average Bonchev–Trinajstić information content (AvgIpc) is 2.17. The fourth-order valence-electron chi connectivity index (χ4n) is 1.19. The monoisotopic (exact) mass is 158 g/mol. The van der Waals surface area contributed by atoms with Gasteiger partial charge in [0, 0.05) is 11.6 Å². The van der Waals surface area contributed by atoms with Crippen molar-refractivity contribution in [2.45, 2.75) is 0 Å². The van der Waals surface area contributed by atoms with Gasteiger partial charge in [0.2, 0.25) is 5.88 Å². The molecule has 2 rings (SSSR count). The summed E-state index contributed by atoms with van der Waals surface area (Å²) in [7, 11) is 1.62. The molecular formula is C10H8NO. The van der Waals surface area contributed by atoms with Crippen molar-refractivity contribution >= 4 is 10.8 Å². The van der Waals surface area contributed by atoms with E-state index >= 15 is 0 Å². The molecule has 0 unspecified atom stereocenters.